The Bertz CT molecular complexity index is 670. The third-order valence-electron chi connectivity index (χ3n) is 5.36. The van der Waals surface area contributed by atoms with Gasteiger partial charge in [-0.05, 0) is 37.6 Å². The van der Waals surface area contributed by atoms with E-state index >= 15 is 0 Å². The van der Waals surface area contributed by atoms with Crippen LogP contribution in [0.4, 0.5) is 5.69 Å². The highest BCUT2D eigenvalue weighted by atomic mass is 35.5. The van der Waals surface area contributed by atoms with Crippen LogP contribution in [0.3, 0.4) is 0 Å². The van der Waals surface area contributed by atoms with Gasteiger partial charge in [0.25, 0.3) is 0 Å². The van der Waals surface area contributed by atoms with E-state index in [9.17, 15) is 0 Å². The molecule has 5 nitrogen and oxygen atoms in total. The summed E-state index contributed by atoms with van der Waals surface area (Å²) in [5, 5.41) is 4.87. The third-order valence-corrected chi connectivity index (χ3v) is 5.60. The van der Waals surface area contributed by atoms with E-state index in [-0.39, 0.29) is 0 Å². The SMILES string of the molecule is Clc1cccc(N2CCN(C3CCCN(Cc4ccon4)C3)CC2)c1. The Labute approximate surface area is 154 Å². The number of benzene rings is 1. The molecule has 25 heavy (non-hydrogen) atoms. The fourth-order valence-corrected chi connectivity index (χ4v) is 4.22. The molecule has 0 radical (unpaired) electrons. The molecule has 6 heteroatoms. The minimum Gasteiger partial charge on any atom is -0.369 e. The van der Waals surface area contributed by atoms with E-state index in [1.807, 2.05) is 18.2 Å². The van der Waals surface area contributed by atoms with Gasteiger partial charge >= 0.3 is 0 Å². The maximum atomic E-state index is 6.13. The highest BCUT2D eigenvalue weighted by Gasteiger charge is 2.28. The van der Waals surface area contributed by atoms with Crippen LogP contribution in [0.2, 0.25) is 5.02 Å². The molecule has 3 heterocycles. The molecule has 0 saturated carbocycles. The summed E-state index contributed by atoms with van der Waals surface area (Å²) in [6.45, 7) is 7.57. The van der Waals surface area contributed by atoms with E-state index < -0.39 is 0 Å². The van der Waals surface area contributed by atoms with E-state index in [0.717, 1.165) is 56.5 Å². The molecule has 0 amide bonds. The van der Waals surface area contributed by atoms with Crippen molar-refractivity contribution in [2.75, 3.05) is 44.2 Å². The Kier molecular flexibility index (Phi) is 5.25. The van der Waals surface area contributed by atoms with Crippen LogP contribution >= 0.6 is 11.6 Å². The van der Waals surface area contributed by atoms with Gasteiger partial charge in [-0.15, -0.1) is 0 Å². The molecule has 2 saturated heterocycles. The van der Waals surface area contributed by atoms with Crippen LogP contribution < -0.4 is 4.90 Å². The molecule has 2 fully saturated rings. The van der Waals surface area contributed by atoms with Crippen LogP contribution in [0.5, 0.6) is 0 Å². The summed E-state index contributed by atoms with van der Waals surface area (Å²) in [6.07, 6.45) is 4.22. The Morgan fingerprint density at radius 3 is 2.76 bits per heavy atom. The van der Waals surface area contributed by atoms with Gasteiger partial charge in [0.2, 0.25) is 0 Å². The molecule has 134 valence electrons. The maximum absolute atomic E-state index is 6.13. The number of piperazine rings is 1. The molecule has 2 aliphatic rings. The summed E-state index contributed by atoms with van der Waals surface area (Å²) in [7, 11) is 0. The zero-order chi connectivity index (χ0) is 17.1. The first-order chi connectivity index (χ1) is 12.3. The van der Waals surface area contributed by atoms with E-state index in [1.54, 1.807) is 6.26 Å². The van der Waals surface area contributed by atoms with Crippen LogP contribution in [0, 0.1) is 0 Å². The van der Waals surface area contributed by atoms with Crippen molar-refractivity contribution in [2.45, 2.75) is 25.4 Å². The highest BCUT2D eigenvalue weighted by molar-refractivity contribution is 6.30. The second kappa shape index (κ2) is 7.77. The van der Waals surface area contributed by atoms with Gasteiger partial charge < -0.3 is 9.42 Å². The number of piperidine rings is 1. The smallest absolute Gasteiger partial charge is 0.124 e. The van der Waals surface area contributed by atoms with Crippen molar-refractivity contribution in [3.05, 3.63) is 47.3 Å². The molecule has 0 aliphatic carbocycles. The van der Waals surface area contributed by atoms with Crippen LogP contribution in [0.1, 0.15) is 18.5 Å². The largest absolute Gasteiger partial charge is 0.369 e. The van der Waals surface area contributed by atoms with E-state index in [2.05, 4.69) is 32.0 Å². The number of rotatable bonds is 4. The lowest BCUT2D eigenvalue weighted by atomic mass is 10.0. The Morgan fingerprint density at radius 1 is 1.12 bits per heavy atom. The molecule has 1 aromatic carbocycles. The van der Waals surface area contributed by atoms with Crippen molar-refractivity contribution in [1.29, 1.82) is 0 Å². The summed E-state index contributed by atoms with van der Waals surface area (Å²) >= 11 is 6.13. The first-order valence-corrected chi connectivity index (χ1v) is 9.52. The fourth-order valence-electron chi connectivity index (χ4n) is 4.04. The number of hydrogen-bond donors (Lipinski definition) is 0. The second-order valence-corrected chi connectivity index (χ2v) is 7.46. The van der Waals surface area contributed by atoms with Crippen molar-refractivity contribution in [1.82, 2.24) is 15.0 Å². The van der Waals surface area contributed by atoms with Gasteiger partial charge in [0.05, 0.1) is 5.69 Å². The van der Waals surface area contributed by atoms with Gasteiger partial charge in [0, 0.05) is 62.1 Å². The molecular weight excluding hydrogens is 336 g/mol. The molecule has 4 rings (SSSR count). The Hall–Kier alpha value is -1.56. The standard InChI is InChI=1S/C19H25ClN4O/c20-16-3-1-4-18(13-16)23-8-10-24(11-9-23)19-5-2-7-22(15-19)14-17-6-12-25-21-17/h1,3-4,6,12-13,19H,2,5,7-11,14-15H2. The number of anilines is 1. The number of hydrogen-bond acceptors (Lipinski definition) is 5. The molecule has 1 unspecified atom stereocenters. The van der Waals surface area contributed by atoms with Crippen molar-refractivity contribution < 1.29 is 4.52 Å². The van der Waals surface area contributed by atoms with Crippen molar-refractivity contribution in [3.8, 4) is 0 Å². The lowest BCUT2D eigenvalue weighted by molar-refractivity contribution is 0.0875. The average Bonchev–Trinajstić information content (AvgIpc) is 3.15. The lowest BCUT2D eigenvalue weighted by Gasteiger charge is -2.43. The van der Waals surface area contributed by atoms with Crippen LogP contribution in [0.25, 0.3) is 0 Å². The minimum atomic E-state index is 0.655. The summed E-state index contributed by atoms with van der Waals surface area (Å²) in [5.41, 5.74) is 2.27. The summed E-state index contributed by atoms with van der Waals surface area (Å²) in [6, 6.07) is 10.8. The fraction of sp³-hybridized carbons (Fsp3) is 0.526. The molecular formula is C19H25ClN4O. The third kappa shape index (κ3) is 4.17. The number of halogens is 1. The zero-order valence-electron chi connectivity index (χ0n) is 14.5. The molecule has 0 spiro atoms. The minimum absolute atomic E-state index is 0.655. The quantitative estimate of drug-likeness (QED) is 0.837. The second-order valence-electron chi connectivity index (χ2n) is 7.02. The molecule has 2 aliphatic heterocycles. The normalized spacial score (nSPS) is 23.1. The van der Waals surface area contributed by atoms with Gasteiger partial charge in [-0.1, -0.05) is 22.8 Å². The number of nitrogens with zero attached hydrogens (tertiary/aromatic N) is 4. The van der Waals surface area contributed by atoms with Gasteiger partial charge in [0.1, 0.15) is 6.26 Å². The van der Waals surface area contributed by atoms with Crippen LogP contribution in [-0.4, -0.2) is 60.3 Å². The van der Waals surface area contributed by atoms with Crippen molar-refractivity contribution in [2.24, 2.45) is 0 Å². The summed E-state index contributed by atoms with van der Waals surface area (Å²) in [5.74, 6) is 0. The topological polar surface area (TPSA) is 35.8 Å². The van der Waals surface area contributed by atoms with Crippen LogP contribution in [-0.2, 0) is 6.54 Å². The van der Waals surface area contributed by atoms with E-state index in [1.165, 1.54) is 18.5 Å². The van der Waals surface area contributed by atoms with Crippen LogP contribution in [0.15, 0.2) is 41.1 Å². The molecule has 1 aromatic heterocycles. The van der Waals surface area contributed by atoms with Crippen molar-refractivity contribution in [3.63, 3.8) is 0 Å². The number of aromatic nitrogens is 1. The Balaban J connectivity index is 1.31. The van der Waals surface area contributed by atoms with Gasteiger partial charge in [-0.2, -0.15) is 0 Å². The zero-order valence-corrected chi connectivity index (χ0v) is 15.2. The van der Waals surface area contributed by atoms with Crippen molar-refractivity contribution >= 4 is 17.3 Å². The molecule has 1 atom stereocenters. The monoisotopic (exact) mass is 360 g/mol. The Morgan fingerprint density at radius 2 is 2.00 bits per heavy atom. The molecule has 0 N–H and O–H groups in total. The highest BCUT2D eigenvalue weighted by Crippen LogP contribution is 2.23. The van der Waals surface area contributed by atoms with Gasteiger partial charge in [0.15, 0.2) is 0 Å². The maximum Gasteiger partial charge on any atom is 0.124 e. The van der Waals surface area contributed by atoms with E-state index in [0.29, 0.717) is 6.04 Å². The first-order valence-electron chi connectivity index (χ1n) is 9.14. The summed E-state index contributed by atoms with van der Waals surface area (Å²) < 4.78 is 4.96. The van der Waals surface area contributed by atoms with E-state index in [4.69, 9.17) is 16.1 Å². The average molecular weight is 361 g/mol. The number of likely N-dealkylation sites (tertiary alicyclic amines) is 1. The van der Waals surface area contributed by atoms with Gasteiger partial charge in [-0.25, -0.2) is 0 Å². The van der Waals surface area contributed by atoms with Gasteiger partial charge in [-0.3, -0.25) is 9.80 Å². The lowest BCUT2D eigenvalue weighted by Crippen LogP contribution is -2.55. The predicted molar refractivity (Wildman–Crippen MR) is 100 cm³/mol. The molecule has 0 bridgehead atoms. The summed E-state index contributed by atoms with van der Waals surface area (Å²) in [4.78, 5) is 7.61. The predicted octanol–water partition coefficient (Wildman–Crippen LogP) is 3.11. The first kappa shape index (κ1) is 16.9. The molecule has 2 aromatic rings.